The molecule has 4 aromatic carbocycles. The molecule has 290 valence electrons. The molecule has 0 aromatic heterocycles. The SMILES string of the molecule is COc1ccc(COC[C@@H]2[C@@H](OCc3ccc(OC)cc3)[C@@H](OCc3ccc(OC)cc3)C[S+]2C[C@H]2OC(c3ccccc3)OC[C@@H]2OS(=O)(=O)O)cc1. The van der Waals surface area contributed by atoms with Crippen molar-refractivity contribution < 1.29 is 55.0 Å². The van der Waals surface area contributed by atoms with Gasteiger partial charge >= 0.3 is 10.4 Å². The highest BCUT2D eigenvalue weighted by Crippen LogP contribution is 2.35. The normalized spacial score (nSPS) is 24.3. The van der Waals surface area contributed by atoms with Gasteiger partial charge in [-0.25, -0.2) is 4.18 Å². The van der Waals surface area contributed by atoms with Gasteiger partial charge in [0, 0.05) is 16.5 Å². The smallest absolute Gasteiger partial charge is 0.397 e. The van der Waals surface area contributed by atoms with Crippen LogP contribution in [0.5, 0.6) is 17.2 Å². The van der Waals surface area contributed by atoms with Crippen molar-refractivity contribution in [2.45, 2.75) is 55.8 Å². The van der Waals surface area contributed by atoms with E-state index in [0.29, 0.717) is 37.9 Å². The Bertz CT molecular complexity index is 1830. The molecule has 2 aliphatic rings. The third kappa shape index (κ3) is 11.2. The van der Waals surface area contributed by atoms with E-state index in [1.165, 1.54) is 0 Å². The fourth-order valence-electron chi connectivity index (χ4n) is 6.42. The summed E-state index contributed by atoms with van der Waals surface area (Å²) in [7, 11) is -0.427. The van der Waals surface area contributed by atoms with Gasteiger partial charge in [-0.3, -0.25) is 4.55 Å². The Kier molecular flexibility index (Phi) is 14.2. The molecule has 14 heteroatoms. The molecule has 2 heterocycles. The molecule has 1 N–H and O–H groups in total. The highest BCUT2D eigenvalue weighted by molar-refractivity contribution is 7.97. The summed E-state index contributed by atoms with van der Waals surface area (Å²) >= 11 is 0. The lowest BCUT2D eigenvalue weighted by Gasteiger charge is -2.35. The monoisotopic (exact) mass is 783 g/mol. The van der Waals surface area contributed by atoms with E-state index in [2.05, 4.69) is 0 Å². The van der Waals surface area contributed by atoms with Crippen molar-refractivity contribution in [2.24, 2.45) is 0 Å². The van der Waals surface area contributed by atoms with E-state index < -0.39 is 45.9 Å². The quantitative estimate of drug-likeness (QED) is 0.0979. The van der Waals surface area contributed by atoms with Gasteiger partial charge in [-0.2, -0.15) is 8.42 Å². The Balaban J connectivity index is 1.27. The molecule has 2 saturated heterocycles. The van der Waals surface area contributed by atoms with E-state index in [4.69, 9.17) is 42.1 Å². The van der Waals surface area contributed by atoms with Crippen LogP contribution in [-0.4, -0.2) is 88.7 Å². The van der Waals surface area contributed by atoms with Crippen LogP contribution in [-0.2, 0) is 69.0 Å². The van der Waals surface area contributed by atoms with Gasteiger partial charge in [0.1, 0.15) is 53.2 Å². The summed E-state index contributed by atoms with van der Waals surface area (Å²) in [5.41, 5.74) is 3.71. The first kappa shape index (κ1) is 40.0. The lowest BCUT2D eigenvalue weighted by Crippen LogP contribution is -2.48. The second kappa shape index (κ2) is 19.2. The van der Waals surface area contributed by atoms with Gasteiger partial charge in [0.15, 0.2) is 11.5 Å². The Morgan fingerprint density at radius 1 is 0.704 bits per heavy atom. The summed E-state index contributed by atoms with van der Waals surface area (Å²) in [6, 6.07) is 32.6. The predicted octanol–water partition coefficient (Wildman–Crippen LogP) is 5.70. The minimum Gasteiger partial charge on any atom is -0.497 e. The minimum atomic E-state index is -4.80. The summed E-state index contributed by atoms with van der Waals surface area (Å²) in [5.74, 6) is 3.23. The Hall–Kier alpha value is -3.70. The van der Waals surface area contributed by atoms with Crippen molar-refractivity contribution in [3.63, 3.8) is 0 Å². The zero-order valence-corrected chi connectivity index (χ0v) is 32.1. The number of hydrogen-bond acceptors (Lipinski definition) is 11. The number of rotatable bonds is 18. The zero-order valence-electron chi connectivity index (χ0n) is 30.5. The molecule has 0 aliphatic carbocycles. The van der Waals surface area contributed by atoms with Crippen LogP contribution in [0.1, 0.15) is 28.5 Å². The van der Waals surface area contributed by atoms with Crippen molar-refractivity contribution in [2.75, 3.05) is 46.0 Å². The van der Waals surface area contributed by atoms with E-state index in [-0.39, 0.29) is 18.0 Å². The molecule has 2 fully saturated rings. The van der Waals surface area contributed by atoms with Crippen molar-refractivity contribution in [3.8, 4) is 17.2 Å². The van der Waals surface area contributed by atoms with E-state index in [1.807, 2.05) is 103 Å². The van der Waals surface area contributed by atoms with Gasteiger partial charge in [0.05, 0.1) is 54.4 Å². The lowest BCUT2D eigenvalue weighted by atomic mass is 10.1. The van der Waals surface area contributed by atoms with E-state index in [0.717, 1.165) is 39.5 Å². The third-order valence-corrected chi connectivity index (χ3v) is 12.6. The van der Waals surface area contributed by atoms with Crippen LogP contribution in [0, 0.1) is 0 Å². The second-order valence-electron chi connectivity index (χ2n) is 12.9. The fourth-order valence-corrected chi connectivity index (χ4v) is 9.88. The zero-order chi connectivity index (χ0) is 37.9. The molecule has 2 unspecified atom stereocenters. The molecule has 4 aromatic rings. The number of hydrogen-bond donors (Lipinski definition) is 1. The topological polar surface area (TPSA) is 137 Å². The average Bonchev–Trinajstić information content (AvgIpc) is 3.52. The van der Waals surface area contributed by atoms with Gasteiger partial charge in [-0.15, -0.1) is 0 Å². The molecular formula is C40H47O12S2+. The summed E-state index contributed by atoms with van der Waals surface area (Å²) < 4.78 is 87.0. The van der Waals surface area contributed by atoms with Crippen LogP contribution < -0.4 is 14.2 Å². The minimum absolute atomic E-state index is 0.103. The van der Waals surface area contributed by atoms with Crippen LogP contribution in [0.4, 0.5) is 0 Å². The molecule has 6 rings (SSSR count). The van der Waals surface area contributed by atoms with Crippen molar-refractivity contribution in [3.05, 3.63) is 125 Å². The maximum atomic E-state index is 12.0. The van der Waals surface area contributed by atoms with E-state index in [1.54, 1.807) is 21.3 Å². The van der Waals surface area contributed by atoms with Crippen molar-refractivity contribution >= 4 is 21.3 Å². The van der Waals surface area contributed by atoms with E-state index in [9.17, 15) is 13.0 Å². The summed E-state index contributed by atoms with van der Waals surface area (Å²) in [6.45, 7) is 1.25. The molecule has 0 saturated carbocycles. The largest absolute Gasteiger partial charge is 0.497 e. The molecular weight excluding hydrogens is 737 g/mol. The maximum Gasteiger partial charge on any atom is 0.397 e. The molecule has 0 radical (unpaired) electrons. The Labute approximate surface area is 319 Å². The van der Waals surface area contributed by atoms with E-state index >= 15 is 0 Å². The second-order valence-corrected chi connectivity index (χ2v) is 16.3. The first-order valence-electron chi connectivity index (χ1n) is 17.5. The molecule has 7 atom stereocenters. The Morgan fingerprint density at radius 2 is 1.24 bits per heavy atom. The van der Waals surface area contributed by atoms with Gasteiger partial charge < -0.3 is 37.9 Å². The average molecular weight is 784 g/mol. The van der Waals surface area contributed by atoms with Crippen molar-refractivity contribution in [1.82, 2.24) is 0 Å². The molecule has 0 spiro atoms. The number of methoxy groups -OCH3 is 3. The van der Waals surface area contributed by atoms with Gasteiger partial charge in [-0.05, 0) is 53.1 Å². The van der Waals surface area contributed by atoms with Crippen LogP contribution in [0.15, 0.2) is 103 Å². The molecule has 12 nitrogen and oxygen atoms in total. The third-order valence-electron chi connectivity index (χ3n) is 9.29. The van der Waals surface area contributed by atoms with Crippen molar-refractivity contribution in [1.29, 1.82) is 0 Å². The Morgan fingerprint density at radius 3 is 1.78 bits per heavy atom. The first-order chi connectivity index (χ1) is 26.2. The first-order valence-corrected chi connectivity index (χ1v) is 20.5. The molecule has 54 heavy (non-hydrogen) atoms. The molecule has 2 aliphatic heterocycles. The fraction of sp³-hybridized carbons (Fsp3) is 0.400. The highest BCUT2D eigenvalue weighted by atomic mass is 32.3. The number of ether oxygens (including phenoxy) is 8. The van der Waals surface area contributed by atoms with Crippen LogP contribution in [0.3, 0.4) is 0 Å². The molecule has 0 amide bonds. The standard InChI is InChI=1S/C40H46O12S2/c1-44-32-15-9-28(10-16-32)21-47-25-38-39(49-23-30-13-19-34(46-3)20-14-30)37(48-22-29-11-17-33(45-2)18-12-29)27-53(38)26-36-35(52-54(41,42)43)24-50-40(51-36)31-7-5-4-6-8-31/h4-20,35-40H,21-27H2,1-3H3/p+1/t35-,36+,37-,38+,39-,40?,53?/m0/s1. The van der Waals surface area contributed by atoms with Gasteiger partial charge in [0.2, 0.25) is 0 Å². The van der Waals surface area contributed by atoms with Crippen LogP contribution in [0.2, 0.25) is 0 Å². The van der Waals surface area contributed by atoms with Crippen LogP contribution in [0.25, 0.3) is 0 Å². The van der Waals surface area contributed by atoms with Crippen LogP contribution >= 0.6 is 0 Å². The maximum absolute atomic E-state index is 12.0. The predicted molar refractivity (Wildman–Crippen MR) is 203 cm³/mol. The lowest BCUT2D eigenvalue weighted by molar-refractivity contribution is -0.245. The highest BCUT2D eigenvalue weighted by Gasteiger charge is 2.55. The van der Waals surface area contributed by atoms with Gasteiger partial charge in [0.25, 0.3) is 0 Å². The summed E-state index contributed by atoms with van der Waals surface area (Å²) in [5, 5.41) is -0.171. The summed E-state index contributed by atoms with van der Waals surface area (Å²) in [6.07, 6.45) is -3.31. The van der Waals surface area contributed by atoms with Gasteiger partial charge in [-0.1, -0.05) is 66.7 Å². The molecule has 0 bridgehead atoms. The summed E-state index contributed by atoms with van der Waals surface area (Å²) in [4.78, 5) is 0. The number of benzene rings is 4.